The summed E-state index contributed by atoms with van der Waals surface area (Å²) >= 11 is 14.4. The first-order valence-corrected chi connectivity index (χ1v) is 12.6. The van der Waals surface area contributed by atoms with Gasteiger partial charge in [-0.15, -0.1) is 0 Å². The zero-order valence-corrected chi connectivity index (χ0v) is 23.1. The monoisotopic (exact) mass is 620 g/mol. The zero-order chi connectivity index (χ0) is 25.5. The minimum atomic E-state index is -0.485. The van der Waals surface area contributed by atoms with Gasteiger partial charge in [-0.05, 0) is 103 Å². The Morgan fingerprint density at radius 3 is 2.51 bits per heavy atom. The number of nitrogens with one attached hydrogen (secondary N) is 1. The third-order valence-corrected chi connectivity index (χ3v) is 6.55. The Balaban J connectivity index is 1.85. The fourth-order valence-corrected chi connectivity index (χ4v) is 4.44. The minimum absolute atomic E-state index is 0.0249. The van der Waals surface area contributed by atoms with E-state index in [9.17, 15) is 10.1 Å². The molecule has 1 amide bonds. The number of nitrogens with zero attached hydrogens (tertiary/aromatic N) is 1. The molecule has 0 aliphatic rings. The van der Waals surface area contributed by atoms with Crippen LogP contribution in [-0.2, 0) is 11.4 Å². The molecule has 35 heavy (non-hydrogen) atoms. The van der Waals surface area contributed by atoms with Crippen LogP contribution >= 0.6 is 45.8 Å². The van der Waals surface area contributed by atoms with Gasteiger partial charge < -0.3 is 14.8 Å². The Morgan fingerprint density at radius 1 is 1.09 bits per heavy atom. The van der Waals surface area contributed by atoms with Gasteiger partial charge in [0.15, 0.2) is 11.5 Å². The largest absolute Gasteiger partial charge is 0.490 e. The van der Waals surface area contributed by atoms with Crippen LogP contribution in [0.15, 0.2) is 54.1 Å². The van der Waals surface area contributed by atoms with Crippen LogP contribution in [0.4, 0.5) is 5.69 Å². The molecular weight excluding hydrogens is 598 g/mol. The summed E-state index contributed by atoms with van der Waals surface area (Å²) in [5.41, 5.74) is 4.21. The molecule has 0 saturated heterocycles. The number of hydrogen-bond acceptors (Lipinski definition) is 4. The van der Waals surface area contributed by atoms with Crippen molar-refractivity contribution in [3.63, 3.8) is 0 Å². The van der Waals surface area contributed by atoms with Gasteiger partial charge in [0, 0.05) is 21.3 Å². The van der Waals surface area contributed by atoms with Crippen molar-refractivity contribution in [2.75, 3.05) is 11.9 Å². The summed E-state index contributed by atoms with van der Waals surface area (Å²) in [6.07, 6.45) is 1.53. The molecule has 0 atom stereocenters. The van der Waals surface area contributed by atoms with Crippen molar-refractivity contribution in [3.8, 4) is 17.6 Å². The molecule has 0 aliphatic heterocycles. The Labute approximate surface area is 228 Å². The first-order valence-electron chi connectivity index (χ1n) is 10.7. The maximum Gasteiger partial charge on any atom is 0.266 e. The molecule has 8 heteroatoms. The van der Waals surface area contributed by atoms with E-state index in [-0.39, 0.29) is 12.2 Å². The van der Waals surface area contributed by atoms with E-state index in [0.717, 1.165) is 20.3 Å². The highest BCUT2D eigenvalue weighted by molar-refractivity contribution is 14.1. The number of amides is 1. The van der Waals surface area contributed by atoms with Crippen LogP contribution in [0.1, 0.15) is 29.2 Å². The first-order chi connectivity index (χ1) is 16.7. The molecule has 1 N–H and O–H groups in total. The Hall–Kier alpha value is -2.73. The minimum Gasteiger partial charge on any atom is -0.490 e. The number of halogens is 3. The van der Waals surface area contributed by atoms with Crippen molar-refractivity contribution in [1.29, 1.82) is 5.26 Å². The highest BCUT2D eigenvalue weighted by Gasteiger charge is 2.15. The van der Waals surface area contributed by atoms with Gasteiger partial charge in [-0.25, -0.2) is 0 Å². The molecule has 0 aliphatic carbocycles. The number of carbonyl (C=O) groups is 1. The van der Waals surface area contributed by atoms with Crippen LogP contribution in [0.3, 0.4) is 0 Å². The van der Waals surface area contributed by atoms with Crippen molar-refractivity contribution in [2.45, 2.75) is 27.4 Å². The fraction of sp³-hybridized carbons (Fsp3) is 0.185. The van der Waals surface area contributed by atoms with E-state index in [4.69, 9.17) is 32.7 Å². The van der Waals surface area contributed by atoms with Gasteiger partial charge in [0.05, 0.1) is 10.2 Å². The van der Waals surface area contributed by atoms with E-state index in [1.807, 2.05) is 57.2 Å². The van der Waals surface area contributed by atoms with Crippen LogP contribution in [0.5, 0.6) is 11.5 Å². The third-order valence-electron chi connectivity index (χ3n) is 5.16. The molecule has 0 radical (unpaired) electrons. The van der Waals surface area contributed by atoms with Crippen LogP contribution < -0.4 is 14.8 Å². The van der Waals surface area contributed by atoms with E-state index in [1.54, 1.807) is 18.2 Å². The zero-order valence-electron chi connectivity index (χ0n) is 19.4. The molecule has 0 unspecified atom stereocenters. The topological polar surface area (TPSA) is 71.3 Å². The lowest BCUT2D eigenvalue weighted by Gasteiger charge is -2.15. The molecule has 0 aromatic heterocycles. The molecule has 180 valence electrons. The van der Waals surface area contributed by atoms with Crippen molar-refractivity contribution in [3.05, 3.63) is 90.0 Å². The van der Waals surface area contributed by atoms with E-state index >= 15 is 0 Å². The molecule has 0 bridgehead atoms. The summed E-state index contributed by atoms with van der Waals surface area (Å²) in [5, 5.41) is 13.5. The van der Waals surface area contributed by atoms with Crippen molar-refractivity contribution >= 4 is 63.5 Å². The van der Waals surface area contributed by atoms with Gasteiger partial charge in [0.25, 0.3) is 5.91 Å². The standard InChI is InChI=1S/C27H23Cl2IN2O3/c1-4-34-25-12-18(10-20(14-31)27(33)32-22-8-5-16(2)17(3)9-22)11-24(30)26(25)35-15-19-6-7-21(28)13-23(19)29/h5-13H,4,15H2,1-3H3,(H,32,33)/b20-10+. The highest BCUT2D eigenvalue weighted by Crippen LogP contribution is 2.36. The Kier molecular flexibility index (Phi) is 9.44. The molecular formula is C27H23Cl2IN2O3. The normalized spacial score (nSPS) is 11.1. The average molecular weight is 621 g/mol. The van der Waals surface area contributed by atoms with Gasteiger partial charge in [0.2, 0.25) is 0 Å². The van der Waals surface area contributed by atoms with Crippen molar-refractivity contribution in [1.82, 2.24) is 0 Å². The average Bonchev–Trinajstić information content (AvgIpc) is 2.80. The Bertz CT molecular complexity index is 1330. The maximum absolute atomic E-state index is 12.7. The second-order valence-electron chi connectivity index (χ2n) is 7.71. The Morgan fingerprint density at radius 2 is 1.86 bits per heavy atom. The number of carbonyl (C=O) groups excluding carboxylic acids is 1. The smallest absolute Gasteiger partial charge is 0.266 e. The number of rotatable bonds is 8. The number of ether oxygens (including phenoxy) is 2. The third kappa shape index (κ3) is 7.14. The molecule has 0 heterocycles. The summed E-state index contributed by atoms with van der Waals surface area (Å²) in [4.78, 5) is 12.7. The highest BCUT2D eigenvalue weighted by atomic mass is 127. The SMILES string of the molecule is CCOc1cc(/C=C(\C#N)C(=O)Nc2ccc(C)c(C)c2)cc(I)c1OCc1ccc(Cl)cc1Cl. The molecule has 0 saturated carbocycles. The molecule has 0 fully saturated rings. The summed E-state index contributed by atoms with van der Waals surface area (Å²) in [7, 11) is 0. The lowest BCUT2D eigenvalue weighted by Crippen LogP contribution is -2.13. The predicted octanol–water partition coefficient (Wildman–Crippen LogP) is 7.74. The second kappa shape index (κ2) is 12.3. The number of hydrogen-bond donors (Lipinski definition) is 1. The van der Waals surface area contributed by atoms with Crippen molar-refractivity contribution in [2.24, 2.45) is 0 Å². The lowest BCUT2D eigenvalue weighted by molar-refractivity contribution is -0.112. The van der Waals surface area contributed by atoms with Crippen LogP contribution in [-0.4, -0.2) is 12.5 Å². The van der Waals surface area contributed by atoms with Gasteiger partial charge in [-0.1, -0.05) is 35.3 Å². The number of anilines is 1. The van der Waals surface area contributed by atoms with Gasteiger partial charge in [-0.2, -0.15) is 5.26 Å². The van der Waals surface area contributed by atoms with Gasteiger partial charge in [-0.3, -0.25) is 4.79 Å². The van der Waals surface area contributed by atoms with E-state index in [1.165, 1.54) is 6.08 Å². The van der Waals surface area contributed by atoms with Crippen LogP contribution in [0, 0.1) is 28.7 Å². The number of benzene rings is 3. The quantitative estimate of drug-likeness (QED) is 0.159. The summed E-state index contributed by atoms with van der Waals surface area (Å²) in [6, 6.07) is 16.4. The summed E-state index contributed by atoms with van der Waals surface area (Å²) < 4.78 is 12.6. The molecule has 3 aromatic rings. The molecule has 3 aromatic carbocycles. The van der Waals surface area contributed by atoms with Crippen molar-refractivity contribution < 1.29 is 14.3 Å². The fourth-order valence-electron chi connectivity index (χ4n) is 3.20. The van der Waals surface area contributed by atoms with E-state index < -0.39 is 5.91 Å². The second-order valence-corrected chi connectivity index (χ2v) is 9.72. The van der Waals surface area contributed by atoms with Crippen LogP contribution in [0.2, 0.25) is 10.0 Å². The molecule has 3 rings (SSSR count). The number of nitriles is 1. The maximum atomic E-state index is 12.7. The summed E-state index contributed by atoms with van der Waals surface area (Å²) in [6.45, 7) is 6.47. The first kappa shape index (κ1) is 26.9. The number of aryl methyl sites for hydroxylation is 2. The summed E-state index contributed by atoms with van der Waals surface area (Å²) in [5.74, 6) is 0.567. The molecule has 5 nitrogen and oxygen atoms in total. The van der Waals surface area contributed by atoms with E-state index in [2.05, 4.69) is 27.9 Å². The van der Waals surface area contributed by atoms with Gasteiger partial charge >= 0.3 is 0 Å². The van der Waals surface area contributed by atoms with Gasteiger partial charge in [0.1, 0.15) is 18.2 Å². The molecule has 0 spiro atoms. The van der Waals surface area contributed by atoms with Crippen LogP contribution in [0.25, 0.3) is 6.08 Å². The predicted molar refractivity (Wildman–Crippen MR) is 149 cm³/mol. The lowest BCUT2D eigenvalue weighted by atomic mass is 10.1. The van der Waals surface area contributed by atoms with E-state index in [0.29, 0.717) is 39.4 Å².